The predicted molar refractivity (Wildman–Crippen MR) is 151 cm³/mol. The topological polar surface area (TPSA) is 42.4 Å². The quantitative estimate of drug-likeness (QED) is 0.456. The third-order valence-corrected chi connectivity index (χ3v) is 8.10. The molecule has 2 aromatic rings. The van der Waals surface area contributed by atoms with E-state index in [1.807, 2.05) is 36.4 Å². The van der Waals surface area contributed by atoms with Gasteiger partial charge in [-0.15, -0.1) is 0 Å². The summed E-state index contributed by atoms with van der Waals surface area (Å²) in [6.45, 7) is 10.4. The molecule has 198 valence electrons. The number of piperidine rings is 1. The number of benzene rings is 2. The Morgan fingerprint density at radius 1 is 0.944 bits per heavy atom. The summed E-state index contributed by atoms with van der Waals surface area (Å²) < 4.78 is 7.24. The van der Waals surface area contributed by atoms with Crippen molar-refractivity contribution >= 4 is 27.5 Å². The fourth-order valence-corrected chi connectivity index (χ4v) is 5.54. The minimum Gasteiger partial charge on any atom is -0.489 e. The Kier molecular flexibility index (Phi) is 10.1. The molecule has 2 aliphatic rings. The first-order valence-electron chi connectivity index (χ1n) is 13.0. The van der Waals surface area contributed by atoms with Crippen LogP contribution in [-0.2, 0) is 13.2 Å². The van der Waals surface area contributed by atoms with Gasteiger partial charge in [-0.3, -0.25) is 14.7 Å². The Bertz CT molecular complexity index is 959. The first-order chi connectivity index (χ1) is 17.3. The smallest absolute Gasteiger partial charge is 0.124 e. The van der Waals surface area contributed by atoms with Crippen LogP contribution in [0.5, 0.6) is 5.75 Å². The van der Waals surface area contributed by atoms with Crippen molar-refractivity contribution in [3.05, 3.63) is 63.1 Å². The molecule has 0 amide bonds. The maximum absolute atomic E-state index is 11.3. The highest BCUT2D eigenvalue weighted by Crippen LogP contribution is 2.29. The number of ether oxygens (including phenoxy) is 1. The van der Waals surface area contributed by atoms with Gasteiger partial charge in [0.05, 0.1) is 5.60 Å². The highest BCUT2D eigenvalue weighted by atomic mass is 79.9. The number of likely N-dealkylation sites (tertiary alicyclic amines) is 1. The van der Waals surface area contributed by atoms with E-state index in [0.717, 1.165) is 105 Å². The maximum Gasteiger partial charge on any atom is 0.124 e. The van der Waals surface area contributed by atoms with E-state index in [1.54, 1.807) is 0 Å². The van der Waals surface area contributed by atoms with E-state index in [4.69, 9.17) is 16.3 Å². The Morgan fingerprint density at radius 3 is 2.28 bits per heavy atom. The number of hydrogen-bond acceptors (Lipinski definition) is 6. The standard InChI is InChI=1S/C28H40BrClN4O2/c1-31(2)13-14-32-15-17-34(18-16-32)22-28(35)9-11-33(12-10-28)20-24-19-25(29)5-8-27(24)36-21-23-3-6-26(30)7-4-23/h3-8,19,35H,9-18,20-22H2,1-2H3. The third kappa shape index (κ3) is 8.42. The molecule has 2 heterocycles. The van der Waals surface area contributed by atoms with Crippen LogP contribution in [0.15, 0.2) is 46.9 Å². The molecule has 0 bridgehead atoms. The summed E-state index contributed by atoms with van der Waals surface area (Å²) in [5.41, 5.74) is 1.67. The molecule has 6 nitrogen and oxygen atoms in total. The van der Waals surface area contributed by atoms with Crippen molar-refractivity contribution in [1.82, 2.24) is 19.6 Å². The number of nitrogens with zero attached hydrogens (tertiary/aromatic N) is 4. The van der Waals surface area contributed by atoms with Gasteiger partial charge in [0.1, 0.15) is 12.4 Å². The zero-order valence-corrected chi connectivity index (χ0v) is 24.0. The molecule has 1 N–H and O–H groups in total. The summed E-state index contributed by atoms with van der Waals surface area (Å²) in [7, 11) is 4.26. The lowest BCUT2D eigenvalue weighted by Crippen LogP contribution is -2.55. The molecule has 0 aliphatic carbocycles. The molecule has 0 unspecified atom stereocenters. The van der Waals surface area contributed by atoms with E-state index < -0.39 is 5.60 Å². The Balaban J connectivity index is 1.25. The number of hydrogen-bond donors (Lipinski definition) is 1. The Hall–Kier alpha value is -1.19. The highest BCUT2D eigenvalue weighted by molar-refractivity contribution is 9.10. The molecule has 0 saturated carbocycles. The van der Waals surface area contributed by atoms with E-state index >= 15 is 0 Å². The van der Waals surface area contributed by atoms with Crippen LogP contribution >= 0.6 is 27.5 Å². The summed E-state index contributed by atoms with van der Waals surface area (Å²) in [4.78, 5) is 9.67. The molecule has 0 spiro atoms. The summed E-state index contributed by atoms with van der Waals surface area (Å²) in [5.74, 6) is 0.904. The van der Waals surface area contributed by atoms with Crippen LogP contribution in [0.3, 0.4) is 0 Å². The number of likely N-dealkylation sites (N-methyl/N-ethyl adjacent to an activating group) is 1. The van der Waals surface area contributed by atoms with Gasteiger partial charge in [0.25, 0.3) is 0 Å². The fourth-order valence-electron chi connectivity index (χ4n) is 5.01. The number of aliphatic hydroxyl groups is 1. The molecular formula is C28H40BrClN4O2. The molecule has 2 fully saturated rings. The predicted octanol–water partition coefficient (Wildman–Crippen LogP) is 4.19. The molecule has 2 aliphatic heterocycles. The summed E-state index contributed by atoms with van der Waals surface area (Å²) >= 11 is 9.63. The van der Waals surface area contributed by atoms with Crippen molar-refractivity contribution in [2.75, 3.05) is 73.0 Å². The van der Waals surface area contributed by atoms with Gasteiger partial charge in [0, 0.05) is 80.5 Å². The minimum absolute atomic E-state index is 0.508. The number of piperazine rings is 1. The second-order valence-electron chi connectivity index (χ2n) is 10.6. The van der Waals surface area contributed by atoms with Crippen molar-refractivity contribution in [2.24, 2.45) is 0 Å². The van der Waals surface area contributed by atoms with Gasteiger partial charge in [-0.1, -0.05) is 39.7 Å². The van der Waals surface area contributed by atoms with Crippen LogP contribution in [-0.4, -0.2) is 103 Å². The van der Waals surface area contributed by atoms with Crippen molar-refractivity contribution in [2.45, 2.75) is 31.6 Å². The fraction of sp³-hybridized carbons (Fsp3) is 0.571. The molecule has 0 radical (unpaired) electrons. The largest absolute Gasteiger partial charge is 0.489 e. The summed E-state index contributed by atoms with van der Waals surface area (Å²) in [6, 6.07) is 14.0. The highest BCUT2D eigenvalue weighted by Gasteiger charge is 2.35. The van der Waals surface area contributed by atoms with Gasteiger partial charge in [-0.2, -0.15) is 0 Å². The van der Waals surface area contributed by atoms with E-state index in [9.17, 15) is 5.11 Å². The van der Waals surface area contributed by atoms with E-state index in [1.165, 1.54) is 0 Å². The van der Waals surface area contributed by atoms with E-state index in [2.05, 4.69) is 55.7 Å². The van der Waals surface area contributed by atoms with Crippen LogP contribution in [0.1, 0.15) is 24.0 Å². The average Bonchev–Trinajstić information content (AvgIpc) is 2.85. The zero-order valence-electron chi connectivity index (χ0n) is 21.6. The number of halogens is 2. The van der Waals surface area contributed by atoms with Crippen LogP contribution in [0.4, 0.5) is 0 Å². The van der Waals surface area contributed by atoms with Gasteiger partial charge < -0.3 is 14.7 Å². The van der Waals surface area contributed by atoms with E-state index in [-0.39, 0.29) is 0 Å². The zero-order chi connectivity index (χ0) is 25.5. The second kappa shape index (κ2) is 13.1. The van der Waals surface area contributed by atoms with Gasteiger partial charge in [-0.25, -0.2) is 0 Å². The second-order valence-corrected chi connectivity index (χ2v) is 11.9. The summed E-state index contributed by atoms with van der Waals surface area (Å²) in [6.07, 6.45) is 1.62. The molecule has 4 rings (SSSR count). The number of β-amino-alcohol motifs (C(OH)–C–C–N with tert-alkyl or cyclic N) is 1. The SMILES string of the molecule is CN(C)CCN1CCN(CC2(O)CCN(Cc3cc(Br)ccc3OCc3ccc(Cl)cc3)CC2)CC1. The minimum atomic E-state index is -0.590. The normalized spacial score (nSPS) is 19.6. The van der Waals surface area contributed by atoms with Crippen molar-refractivity contribution in [3.8, 4) is 5.75 Å². The number of rotatable bonds is 10. The third-order valence-electron chi connectivity index (χ3n) is 7.36. The lowest BCUT2D eigenvalue weighted by Gasteiger charge is -2.43. The Labute approximate surface area is 229 Å². The van der Waals surface area contributed by atoms with Gasteiger partial charge in [0.15, 0.2) is 0 Å². The molecule has 8 heteroatoms. The average molecular weight is 580 g/mol. The van der Waals surface area contributed by atoms with Gasteiger partial charge in [0.2, 0.25) is 0 Å². The maximum atomic E-state index is 11.3. The molecular weight excluding hydrogens is 540 g/mol. The van der Waals surface area contributed by atoms with Gasteiger partial charge >= 0.3 is 0 Å². The van der Waals surface area contributed by atoms with E-state index in [0.29, 0.717) is 6.61 Å². The van der Waals surface area contributed by atoms with Crippen LogP contribution in [0.25, 0.3) is 0 Å². The molecule has 2 aromatic carbocycles. The first-order valence-corrected chi connectivity index (χ1v) is 14.1. The van der Waals surface area contributed by atoms with Crippen molar-refractivity contribution in [1.29, 1.82) is 0 Å². The van der Waals surface area contributed by atoms with Crippen molar-refractivity contribution in [3.63, 3.8) is 0 Å². The monoisotopic (exact) mass is 578 g/mol. The summed E-state index contributed by atoms with van der Waals surface area (Å²) in [5, 5.41) is 12.1. The van der Waals surface area contributed by atoms with Gasteiger partial charge in [-0.05, 0) is 62.8 Å². The lowest BCUT2D eigenvalue weighted by atomic mass is 9.90. The molecule has 0 atom stereocenters. The van der Waals surface area contributed by atoms with Crippen LogP contribution in [0.2, 0.25) is 5.02 Å². The molecule has 0 aromatic heterocycles. The lowest BCUT2D eigenvalue weighted by molar-refractivity contribution is -0.0538. The Morgan fingerprint density at radius 2 is 1.61 bits per heavy atom. The van der Waals surface area contributed by atoms with Crippen LogP contribution < -0.4 is 4.74 Å². The first kappa shape index (κ1) is 27.8. The van der Waals surface area contributed by atoms with Crippen LogP contribution in [0, 0.1) is 0 Å². The molecule has 36 heavy (non-hydrogen) atoms. The molecule has 2 saturated heterocycles. The van der Waals surface area contributed by atoms with Crippen molar-refractivity contribution < 1.29 is 9.84 Å².